The van der Waals surface area contributed by atoms with Crippen molar-refractivity contribution in [3.05, 3.63) is 72.7 Å². The number of aromatic nitrogens is 4. The number of amides is 1. The van der Waals surface area contributed by atoms with Crippen LogP contribution in [-0.2, 0) is 4.74 Å². The average molecular weight is 486 g/mol. The molecule has 4 aromatic rings. The van der Waals surface area contributed by atoms with Crippen LogP contribution in [0, 0.1) is 6.92 Å². The Morgan fingerprint density at radius 2 is 1.81 bits per heavy atom. The number of pyridine rings is 2. The van der Waals surface area contributed by atoms with Crippen LogP contribution in [0.1, 0.15) is 26.5 Å². The van der Waals surface area contributed by atoms with E-state index in [0.717, 1.165) is 45.2 Å². The van der Waals surface area contributed by atoms with Crippen LogP contribution in [-0.4, -0.2) is 57.0 Å². The molecule has 8 nitrogen and oxygen atoms in total. The number of rotatable bonds is 7. The Morgan fingerprint density at radius 1 is 1.03 bits per heavy atom. The number of nitrogens with zero attached hydrogens (tertiary/aromatic N) is 4. The van der Waals surface area contributed by atoms with Crippen LogP contribution in [0.25, 0.3) is 33.8 Å². The molecule has 4 rings (SSSR count). The number of nitrogens with one attached hydrogen (secondary N) is 1. The predicted octanol–water partition coefficient (Wildman–Crippen LogP) is 5.75. The van der Waals surface area contributed by atoms with E-state index in [2.05, 4.69) is 20.2 Å². The van der Waals surface area contributed by atoms with Gasteiger partial charge in [-0.15, -0.1) is 0 Å². The van der Waals surface area contributed by atoms with Gasteiger partial charge in [-0.05, 0) is 81.8 Å². The average Bonchev–Trinajstić information content (AvgIpc) is 3.34. The number of carbonyl (C=O) groups is 1. The smallest absolute Gasteiger partial charge is 0.410 e. The van der Waals surface area contributed by atoms with E-state index in [9.17, 15) is 4.79 Å². The van der Waals surface area contributed by atoms with Gasteiger partial charge in [0, 0.05) is 36.3 Å². The molecule has 1 N–H and O–H groups in total. The third kappa shape index (κ3) is 6.27. The largest absolute Gasteiger partial charge is 0.492 e. The maximum absolute atomic E-state index is 12.1. The quantitative estimate of drug-likeness (QED) is 0.358. The molecule has 1 aromatic carbocycles. The van der Waals surface area contributed by atoms with Gasteiger partial charge < -0.3 is 14.4 Å². The minimum Gasteiger partial charge on any atom is -0.492 e. The zero-order chi connectivity index (χ0) is 25.7. The highest BCUT2D eigenvalue weighted by Crippen LogP contribution is 2.31. The molecule has 8 heteroatoms. The number of likely N-dealkylation sites (N-methyl/N-ethyl adjacent to an activating group) is 1. The van der Waals surface area contributed by atoms with Crippen LogP contribution in [0.4, 0.5) is 4.79 Å². The van der Waals surface area contributed by atoms with Crippen molar-refractivity contribution in [2.45, 2.75) is 33.3 Å². The maximum Gasteiger partial charge on any atom is 0.410 e. The SMILES string of the molecule is Cc1cccc(-c2n[nH]cc2-c2ccnc(-c3ccc(OCCN(C)C(=O)OC(C)(C)C)cc3)c2)n1. The van der Waals surface area contributed by atoms with E-state index in [4.69, 9.17) is 9.47 Å². The van der Waals surface area contributed by atoms with Crippen molar-refractivity contribution in [1.82, 2.24) is 25.1 Å². The minimum atomic E-state index is -0.524. The molecule has 3 aromatic heterocycles. The first-order valence-corrected chi connectivity index (χ1v) is 11.8. The Kier molecular flexibility index (Phi) is 7.33. The third-order valence-electron chi connectivity index (χ3n) is 5.39. The fraction of sp³-hybridized carbons (Fsp3) is 0.286. The Bertz CT molecular complexity index is 1330. The van der Waals surface area contributed by atoms with Crippen LogP contribution in [0.3, 0.4) is 0 Å². The van der Waals surface area contributed by atoms with Crippen molar-refractivity contribution in [3.63, 3.8) is 0 Å². The molecular weight excluding hydrogens is 454 g/mol. The van der Waals surface area contributed by atoms with Gasteiger partial charge in [-0.2, -0.15) is 5.10 Å². The van der Waals surface area contributed by atoms with E-state index in [-0.39, 0.29) is 6.09 Å². The second-order valence-electron chi connectivity index (χ2n) is 9.52. The van der Waals surface area contributed by atoms with Crippen LogP contribution >= 0.6 is 0 Å². The Hall–Kier alpha value is -4.20. The number of H-pyrrole nitrogens is 1. The first-order chi connectivity index (χ1) is 17.2. The lowest BCUT2D eigenvalue weighted by Crippen LogP contribution is -2.36. The first kappa shape index (κ1) is 24.9. The molecule has 3 heterocycles. The molecule has 0 saturated carbocycles. The predicted molar refractivity (Wildman–Crippen MR) is 140 cm³/mol. The van der Waals surface area contributed by atoms with Gasteiger partial charge in [0.1, 0.15) is 23.7 Å². The number of carbonyl (C=O) groups excluding carboxylic acids is 1. The number of ether oxygens (including phenoxy) is 2. The fourth-order valence-electron chi connectivity index (χ4n) is 3.59. The normalized spacial score (nSPS) is 11.2. The van der Waals surface area contributed by atoms with Crippen molar-refractivity contribution in [3.8, 4) is 39.5 Å². The molecule has 36 heavy (non-hydrogen) atoms. The van der Waals surface area contributed by atoms with E-state index in [1.54, 1.807) is 13.2 Å². The van der Waals surface area contributed by atoms with E-state index >= 15 is 0 Å². The van der Waals surface area contributed by atoms with Gasteiger partial charge >= 0.3 is 6.09 Å². The van der Waals surface area contributed by atoms with Gasteiger partial charge in [-0.3, -0.25) is 15.1 Å². The molecule has 1 amide bonds. The van der Waals surface area contributed by atoms with Crippen LogP contribution in [0.5, 0.6) is 5.75 Å². The molecule has 186 valence electrons. The fourth-order valence-corrected chi connectivity index (χ4v) is 3.59. The molecule has 0 aliphatic carbocycles. The number of hydrogen-bond acceptors (Lipinski definition) is 6. The second kappa shape index (κ2) is 10.6. The second-order valence-corrected chi connectivity index (χ2v) is 9.52. The molecule has 0 saturated heterocycles. The highest BCUT2D eigenvalue weighted by atomic mass is 16.6. The summed E-state index contributed by atoms with van der Waals surface area (Å²) in [5.41, 5.74) is 5.81. The van der Waals surface area contributed by atoms with Crippen LogP contribution in [0.15, 0.2) is 67.0 Å². The molecule has 0 aliphatic heterocycles. The molecule has 0 fully saturated rings. The van der Waals surface area contributed by atoms with Crippen LogP contribution < -0.4 is 4.74 Å². The number of benzene rings is 1. The van der Waals surface area contributed by atoms with Crippen molar-refractivity contribution in [1.29, 1.82) is 0 Å². The van der Waals surface area contributed by atoms with Gasteiger partial charge in [0.15, 0.2) is 0 Å². The minimum absolute atomic E-state index is 0.360. The molecule has 0 aliphatic rings. The van der Waals surface area contributed by atoms with Crippen molar-refractivity contribution in [2.75, 3.05) is 20.2 Å². The highest BCUT2D eigenvalue weighted by Gasteiger charge is 2.19. The number of aromatic amines is 1. The van der Waals surface area contributed by atoms with Gasteiger partial charge in [-0.1, -0.05) is 6.07 Å². The lowest BCUT2D eigenvalue weighted by molar-refractivity contribution is 0.0278. The zero-order valence-corrected chi connectivity index (χ0v) is 21.3. The Labute approximate surface area is 211 Å². The summed E-state index contributed by atoms with van der Waals surface area (Å²) in [6.07, 6.45) is 3.30. The lowest BCUT2D eigenvalue weighted by atomic mass is 10.0. The summed E-state index contributed by atoms with van der Waals surface area (Å²) in [5.74, 6) is 0.718. The maximum atomic E-state index is 12.1. The van der Waals surface area contributed by atoms with Crippen molar-refractivity contribution >= 4 is 6.09 Å². The van der Waals surface area contributed by atoms with Crippen molar-refractivity contribution < 1.29 is 14.3 Å². The Balaban J connectivity index is 1.42. The Morgan fingerprint density at radius 3 is 2.53 bits per heavy atom. The van der Waals surface area contributed by atoms with Gasteiger partial charge in [0.2, 0.25) is 0 Å². The van der Waals surface area contributed by atoms with Gasteiger partial charge in [0.25, 0.3) is 0 Å². The summed E-state index contributed by atoms with van der Waals surface area (Å²) >= 11 is 0. The molecule has 0 unspecified atom stereocenters. The third-order valence-corrected chi connectivity index (χ3v) is 5.39. The number of aryl methyl sites for hydroxylation is 1. The van der Waals surface area contributed by atoms with E-state index < -0.39 is 5.60 Å². The van der Waals surface area contributed by atoms with Crippen LogP contribution in [0.2, 0.25) is 0 Å². The molecule has 0 bridgehead atoms. The lowest BCUT2D eigenvalue weighted by Gasteiger charge is -2.24. The standard InChI is InChI=1S/C28H31N5O3/c1-19-7-6-8-24(31-19)26-23(18-30-32-26)21-13-14-29-25(17-21)20-9-11-22(12-10-20)35-16-15-33(5)27(34)36-28(2,3)4/h6-14,17-18H,15-16H2,1-5H3,(H,30,32). The topological polar surface area (TPSA) is 93.2 Å². The summed E-state index contributed by atoms with van der Waals surface area (Å²) in [6.45, 7) is 8.28. The molecule has 0 spiro atoms. The summed E-state index contributed by atoms with van der Waals surface area (Å²) < 4.78 is 11.2. The van der Waals surface area contributed by atoms with Gasteiger partial charge in [0.05, 0.1) is 17.9 Å². The first-order valence-electron chi connectivity index (χ1n) is 11.8. The molecule has 0 radical (unpaired) electrons. The number of hydrogen-bond donors (Lipinski definition) is 1. The monoisotopic (exact) mass is 485 g/mol. The highest BCUT2D eigenvalue weighted by molar-refractivity contribution is 5.80. The summed E-state index contributed by atoms with van der Waals surface area (Å²) in [4.78, 5) is 22.7. The molecular formula is C28H31N5O3. The molecule has 0 atom stereocenters. The van der Waals surface area contributed by atoms with Crippen molar-refractivity contribution in [2.24, 2.45) is 0 Å². The summed E-state index contributed by atoms with van der Waals surface area (Å²) in [6, 6.07) is 17.6. The zero-order valence-electron chi connectivity index (χ0n) is 21.3. The summed E-state index contributed by atoms with van der Waals surface area (Å²) in [5, 5.41) is 7.40. The van der Waals surface area contributed by atoms with E-state index in [1.807, 2.05) is 88.5 Å². The van der Waals surface area contributed by atoms with Gasteiger partial charge in [-0.25, -0.2) is 4.79 Å². The van der Waals surface area contributed by atoms with E-state index in [0.29, 0.717) is 13.2 Å². The van der Waals surface area contributed by atoms with E-state index in [1.165, 1.54) is 4.90 Å². The summed E-state index contributed by atoms with van der Waals surface area (Å²) in [7, 11) is 1.69.